The van der Waals surface area contributed by atoms with Crippen LogP contribution < -0.4 is 20.5 Å². The minimum atomic E-state index is -0.155. The molecule has 9 rings (SSSR count). The Kier molecular flexibility index (Phi) is 43.0. The standard InChI is InChI=1S/C10H14FN.C9H15N2O.C8H13N3O.C8H13N3.C8H16N2O.C7H14N2O.C7H10N2O.C5H7N3.C5H6N2/c1-8-4-5-10(11)6-9(8)7-12(2)3;1-8-4-5-11(12)7-9(8)6-10(2)3;1-7-3-4-9-8(11-7)10-5-6-12-2;1-7-4-5-9-8(10-7)6-11(2)3;1-7(9)10-5-3-8(11-2)4-6-10;1-6(8)9-4-3-7(5-9)10-2;1-3-10-7-8-5-4-6(2)9-7;1-4-2-3-7-5(6)8-4;1-5-2-3-6-4-7-5/h4-6H,7H2,1-3H3;4-5,7,12H,6H2,1-3H3;3-4H,5-6H2,1-2H3,(H,9,10,11);4-5H,6H2,1-3H3;8-9H,3-6H2,1-2H3;7-8H,3-5H2,1-2H3;4-5H,3H2,1-2H3;2-3H,1H3,(H2,6,7,8);2-4H,1H3/q;+1;;;;;;;. The van der Waals surface area contributed by atoms with Crippen molar-refractivity contribution < 1.29 is 33.3 Å². The summed E-state index contributed by atoms with van der Waals surface area (Å²) in [6, 6.07) is 16.5. The molecule has 93 heavy (non-hydrogen) atoms. The van der Waals surface area contributed by atoms with Crippen molar-refractivity contribution in [2.45, 2.75) is 120 Å². The zero-order valence-corrected chi connectivity index (χ0v) is 58.9. The van der Waals surface area contributed by atoms with E-state index in [9.17, 15) is 4.39 Å². The van der Waals surface area contributed by atoms with Crippen molar-refractivity contribution in [1.82, 2.24) is 74.3 Å². The fraction of sp³-hybridized carbons (Fsp3) is 0.507. The number of aromatic nitrogens is 11. The van der Waals surface area contributed by atoms with Crippen LogP contribution in [0.1, 0.15) is 96.6 Å². The Balaban J connectivity index is 0.000000525. The van der Waals surface area contributed by atoms with Crippen molar-refractivity contribution in [1.29, 1.82) is 10.8 Å². The Morgan fingerprint density at radius 2 is 1.16 bits per heavy atom. The number of nitrogens with two attached hydrogens (primary N) is 1. The van der Waals surface area contributed by atoms with Gasteiger partial charge < -0.3 is 54.5 Å². The van der Waals surface area contributed by atoms with Crippen molar-refractivity contribution in [2.75, 3.05) is 121 Å². The largest absolute Gasteiger partial charge is 0.464 e. The number of nitrogen functional groups attached to an aromatic ring is 1. The summed E-state index contributed by atoms with van der Waals surface area (Å²) in [5.41, 5.74) is 14.6. The minimum Gasteiger partial charge on any atom is -0.464 e. The summed E-state index contributed by atoms with van der Waals surface area (Å²) in [4.78, 5) is 49.9. The lowest BCUT2D eigenvalue weighted by atomic mass is 10.1. The Morgan fingerprint density at radius 3 is 1.62 bits per heavy atom. The van der Waals surface area contributed by atoms with Gasteiger partial charge in [0.05, 0.1) is 43.6 Å². The van der Waals surface area contributed by atoms with E-state index in [0.717, 1.165) is 127 Å². The number of pyridine rings is 1. The van der Waals surface area contributed by atoms with Crippen LogP contribution in [-0.4, -0.2) is 213 Å². The smallest absolute Gasteiger partial charge is 0.316 e. The third-order valence-electron chi connectivity index (χ3n) is 13.0. The predicted molar refractivity (Wildman–Crippen MR) is 367 cm³/mol. The number of ether oxygens (including phenoxy) is 4. The summed E-state index contributed by atoms with van der Waals surface area (Å²) in [5, 5.41) is 26.9. The summed E-state index contributed by atoms with van der Waals surface area (Å²) in [6.45, 7) is 27.5. The molecular formula is C67H108FN20O5+. The molecule has 512 valence electrons. The predicted octanol–water partition coefficient (Wildman–Crippen LogP) is 8.60. The molecule has 7 aromatic rings. The van der Waals surface area contributed by atoms with Gasteiger partial charge in [0.2, 0.25) is 24.3 Å². The number of halogens is 1. The first-order valence-electron chi connectivity index (χ1n) is 30.7. The molecule has 2 saturated heterocycles. The molecular weight excluding hydrogens is 1180 g/mol. The van der Waals surface area contributed by atoms with Gasteiger partial charge in [-0.15, -0.1) is 0 Å². The second-order valence-electron chi connectivity index (χ2n) is 22.4. The number of anilines is 2. The summed E-state index contributed by atoms with van der Waals surface area (Å²) in [5.74, 6) is 3.06. The Morgan fingerprint density at radius 1 is 0.634 bits per heavy atom. The number of nitrogens with zero attached hydrogens (tertiary/aromatic N) is 16. The molecule has 1 atom stereocenters. The molecule has 0 spiro atoms. The van der Waals surface area contributed by atoms with E-state index in [2.05, 4.69) is 69.9 Å². The van der Waals surface area contributed by atoms with E-state index in [1.165, 1.54) is 18.0 Å². The highest BCUT2D eigenvalue weighted by Crippen LogP contribution is 2.14. The van der Waals surface area contributed by atoms with Crippen LogP contribution in [0.25, 0.3) is 0 Å². The Labute approximate surface area is 553 Å². The van der Waals surface area contributed by atoms with Crippen LogP contribution in [0.5, 0.6) is 6.01 Å². The van der Waals surface area contributed by atoms with E-state index in [1.807, 2.05) is 158 Å². The number of aryl methyl sites for hydroxylation is 7. The quantitative estimate of drug-likeness (QED) is 0.0224. The van der Waals surface area contributed by atoms with Crippen molar-refractivity contribution >= 4 is 23.6 Å². The number of hydrogen-bond donors (Lipinski definition) is 5. The molecule has 0 saturated carbocycles. The van der Waals surface area contributed by atoms with Crippen LogP contribution in [0.4, 0.5) is 16.3 Å². The molecule has 0 bridgehead atoms. The molecule has 0 radical (unpaired) electrons. The number of methoxy groups -OCH3 is 3. The van der Waals surface area contributed by atoms with Gasteiger partial charge in [0.1, 0.15) is 18.0 Å². The molecule has 0 amide bonds. The average Bonchev–Trinajstić information content (AvgIpc) is 2.07. The summed E-state index contributed by atoms with van der Waals surface area (Å²) < 4.78 is 34.2. The van der Waals surface area contributed by atoms with Gasteiger partial charge in [-0.05, 0) is 190 Å². The highest BCUT2D eigenvalue weighted by atomic mass is 19.1. The molecule has 26 heteroatoms. The molecule has 0 aliphatic carbocycles. The van der Waals surface area contributed by atoms with Crippen LogP contribution in [0, 0.1) is 65.1 Å². The molecule has 2 fully saturated rings. The maximum atomic E-state index is 12.8. The van der Waals surface area contributed by atoms with Crippen LogP contribution in [0.3, 0.4) is 0 Å². The maximum Gasteiger partial charge on any atom is 0.316 e. The third kappa shape index (κ3) is 40.9. The lowest BCUT2D eigenvalue weighted by Gasteiger charge is -2.31. The van der Waals surface area contributed by atoms with Gasteiger partial charge in [0, 0.05) is 143 Å². The first-order valence-corrected chi connectivity index (χ1v) is 30.7. The van der Waals surface area contributed by atoms with Gasteiger partial charge in [0.15, 0.2) is 0 Å². The summed E-state index contributed by atoms with van der Waals surface area (Å²) >= 11 is 0. The van der Waals surface area contributed by atoms with E-state index >= 15 is 0 Å². The lowest BCUT2D eigenvalue weighted by molar-refractivity contribution is -0.905. The third-order valence-corrected chi connectivity index (χ3v) is 13.0. The fourth-order valence-electron chi connectivity index (χ4n) is 8.02. The van der Waals surface area contributed by atoms with Crippen molar-refractivity contribution in [2.24, 2.45) is 0 Å². The summed E-state index contributed by atoms with van der Waals surface area (Å²) in [7, 11) is 17.1. The molecule has 6 N–H and O–H groups in total. The Hall–Kier alpha value is -8.40. The first-order chi connectivity index (χ1) is 44.2. The van der Waals surface area contributed by atoms with E-state index < -0.39 is 0 Å². The average molecular weight is 1290 g/mol. The van der Waals surface area contributed by atoms with E-state index in [4.69, 9.17) is 40.7 Å². The van der Waals surface area contributed by atoms with Gasteiger partial charge in [-0.1, -0.05) is 6.07 Å². The SMILES string of the molecule is CCOc1nccc(C)n1.COC1CCN(C(C)=N)C1.COC1CCN(C(C)=N)CC1.COCCNc1nccc(C)n1.Cc1cc[n+](O)cc1CN(C)C.Cc1ccc(F)cc1CN(C)C.Cc1ccnc(CN(C)C)n1.Cc1ccnc(N)n1.Cc1ccncn1. The normalized spacial score (nSPS) is 12.9. The van der Waals surface area contributed by atoms with E-state index in [1.54, 1.807) is 76.8 Å². The second kappa shape index (κ2) is 48.4. The maximum absolute atomic E-state index is 12.8. The van der Waals surface area contributed by atoms with Crippen molar-refractivity contribution in [3.8, 4) is 6.01 Å². The minimum absolute atomic E-state index is 0.155. The molecule has 1 unspecified atom stereocenters. The molecule has 25 nitrogen and oxygen atoms in total. The highest BCUT2D eigenvalue weighted by molar-refractivity contribution is 5.76. The lowest BCUT2D eigenvalue weighted by Crippen LogP contribution is -2.39. The van der Waals surface area contributed by atoms with Crippen molar-refractivity contribution in [3.05, 3.63) is 167 Å². The topological polar surface area (TPSA) is 292 Å². The van der Waals surface area contributed by atoms with Gasteiger partial charge in [-0.3, -0.25) is 16.0 Å². The number of piperidine rings is 1. The molecule has 2 aliphatic heterocycles. The van der Waals surface area contributed by atoms with Crippen LogP contribution in [0.15, 0.2) is 104 Å². The van der Waals surface area contributed by atoms with Crippen LogP contribution in [-0.2, 0) is 33.8 Å². The first kappa shape index (κ1) is 82.6. The van der Waals surface area contributed by atoms with Crippen LogP contribution >= 0.6 is 0 Å². The number of nitrogens with one attached hydrogen (secondary N) is 3. The number of likely N-dealkylation sites (tertiary alicyclic amines) is 2. The zero-order chi connectivity index (χ0) is 69.7. The van der Waals surface area contributed by atoms with Gasteiger partial charge in [0.25, 0.3) is 0 Å². The molecule has 8 heterocycles. The van der Waals surface area contributed by atoms with Gasteiger partial charge in [-0.25, -0.2) is 54.2 Å². The van der Waals surface area contributed by atoms with Gasteiger partial charge >= 0.3 is 6.01 Å². The molecule has 6 aromatic heterocycles. The van der Waals surface area contributed by atoms with E-state index in [-0.39, 0.29) is 5.82 Å². The van der Waals surface area contributed by atoms with Crippen molar-refractivity contribution in [3.63, 3.8) is 0 Å². The second-order valence-corrected chi connectivity index (χ2v) is 22.4. The number of rotatable bonds is 14. The van der Waals surface area contributed by atoms with E-state index in [0.29, 0.717) is 55.0 Å². The number of hydrogen-bond acceptors (Lipinski definition) is 22. The number of benzene rings is 1. The Bertz CT molecular complexity index is 3050. The monoisotopic (exact) mass is 1290 g/mol. The van der Waals surface area contributed by atoms with Gasteiger partial charge in [-0.2, -0.15) is 0 Å². The zero-order valence-electron chi connectivity index (χ0n) is 58.9. The fourth-order valence-corrected chi connectivity index (χ4v) is 8.02. The molecule has 2 aliphatic rings. The highest BCUT2D eigenvalue weighted by Gasteiger charge is 2.22. The van der Waals surface area contributed by atoms with Crippen LogP contribution in [0.2, 0.25) is 0 Å². The molecule has 1 aromatic carbocycles. The number of amidine groups is 2. The summed E-state index contributed by atoms with van der Waals surface area (Å²) in [6.07, 6.45) is 17.4.